The summed E-state index contributed by atoms with van der Waals surface area (Å²) in [5.41, 5.74) is 3.44. The lowest BCUT2D eigenvalue weighted by Gasteiger charge is -2.07. The molecule has 0 bridgehead atoms. The molecule has 110 valence electrons. The normalized spacial score (nSPS) is 13.0. The van der Waals surface area contributed by atoms with Crippen molar-refractivity contribution in [2.75, 3.05) is 0 Å². The van der Waals surface area contributed by atoms with Crippen LogP contribution < -0.4 is 0 Å². The average Bonchev–Trinajstić information content (AvgIpc) is 3.11. The zero-order valence-corrected chi connectivity index (χ0v) is 14.0. The van der Waals surface area contributed by atoms with Gasteiger partial charge in [0.15, 0.2) is 0 Å². The standard InChI is InChI=1S/C17H15N3S2/c1-10(16-20-14-8-18-6-5-15(14)22-16)7-12-3-4-13-11(2)9-21-17(13)19-12/h3-6,8-10H,7H2,1-2H3/t10-/m1/s1. The van der Waals surface area contributed by atoms with Crippen molar-refractivity contribution in [2.24, 2.45) is 0 Å². The molecule has 4 aromatic rings. The van der Waals surface area contributed by atoms with E-state index < -0.39 is 0 Å². The molecule has 0 N–H and O–H groups in total. The van der Waals surface area contributed by atoms with Gasteiger partial charge in [-0.25, -0.2) is 9.97 Å². The minimum absolute atomic E-state index is 0.364. The molecule has 4 aromatic heterocycles. The van der Waals surface area contributed by atoms with Gasteiger partial charge in [0.25, 0.3) is 0 Å². The van der Waals surface area contributed by atoms with Crippen molar-refractivity contribution in [1.29, 1.82) is 0 Å². The van der Waals surface area contributed by atoms with Crippen molar-refractivity contribution in [2.45, 2.75) is 26.2 Å². The highest BCUT2D eigenvalue weighted by Gasteiger charge is 2.14. The zero-order chi connectivity index (χ0) is 15.1. The molecule has 22 heavy (non-hydrogen) atoms. The average molecular weight is 325 g/mol. The summed E-state index contributed by atoms with van der Waals surface area (Å²) >= 11 is 3.48. The summed E-state index contributed by atoms with van der Waals surface area (Å²) in [5, 5.41) is 4.60. The predicted molar refractivity (Wildman–Crippen MR) is 93.9 cm³/mol. The van der Waals surface area contributed by atoms with E-state index in [0.29, 0.717) is 5.92 Å². The van der Waals surface area contributed by atoms with Gasteiger partial charge in [-0.15, -0.1) is 22.7 Å². The Morgan fingerprint density at radius 1 is 1.18 bits per heavy atom. The van der Waals surface area contributed by atoms with Gasteiger partial charge in [0, 0.05) is 23.2 Å². The summed E-state index contributed by atoms with van der Waals surface area (Å²) in [4.78, 5) is 14.8. The Balaban J connectivity index is 1.63. The van der Waals surface area contributed by atoms with Crippen molar-refractivity contribution < 1.29 is 0 Å². The third-order valence-corrected chi connectivity index (χ3v) is 6.11. The highest BCUT2D eigenvalue weighted by Crippen LogP contribution is 2.30. The van der Waals surface area contributed by atoms with Crippen molar-refractivity contribution >= 4 is 43.1 Å². The lowest BCUT2D eigenvalue weighted by molar-refractivity contribution is 0.739. The summed E-state index contributed by atoms with van der Waals surface area (Å²) in [6, 6.07) is 6.37. The fourth-order valence-electron chi connectivity index (χ4n) is 2.60. The van der Waals surface area contributed by atoms with Crippen molar-refractivity contribution in [3.8, 4) is 0 Å². The van der Waals surface area contributed by atoms with E-state index in [2.05, 4.69) is 36.3 Å². The second-order valence-corrected chi connectivity index (χ2v) is 7.50. The molecule has 0 aromatic carbocycles. The van der Waals surface area contributed by atoms with E-state index in [1.807, 2.05) is 18.5 Å². The number of thiazole rings is 1. The molecule has 0 fully saturated rings. The van der Waals surface area contributed by atoms with Crippen LogP contribution >= 0.6 is 22.7 Å². The maximum atomic E-state index is 4.80. The first-order chi connectivity index (χ1) is 10.7. The molecule has 0 aliphatic heterocycles. The largest absolute Gasteiger partial charge is 0.262 e. The highest BCUT2D eigenvalue weighted by molar-refractivity contribution is 7.18. The van der Waals surface area contributed by atoms with Gasteiger partial charge >= 0.3 is 0 Å². The van der Waals surface area contributed by atoms with Crippen LogP contribution in [0.5, 0.6) is 0 Å². The Morgan fingerprint density at radius 3 is 2.95 bits per heavy atom. The summed E-state index contributed by atoms with van der Waals surface area (Å²) in [6.07, 6.45) is 4.57. The Bertz CT molecular complexity index is 922. The molecule has 4 rings (SSSR count). The minimum Gasteiger partial charge on any atom is -0.262 e. The number of aromatic nitrogens is 3. The van der Waals surface area contributed by atoms with Gasteiger partial charge in [0.2, 0.25) is 0 Å². The van der Waals surface area contributed by atoms with Crippen LogP contribution in [-0.4, -0.2) is 15.0 Å². The Labute approximate surface area is 136 Å². The van der Waals surface area contributed by atoms with Crippen LogP contribution in [0.4, 0.5) is 0 Å². The van der Waals surface area contributed by atoms with Crippen LogP contribution in [0.25, 0.3) is 20.4 Å². The molecule has 1 atom stereocenters. The molecule has 0 aliphatic carbocycles. The van der Waals surface area contributed by atoms with Crippen LogP contribution in [0, 0.1) is 6.92 Å². The maximum absolute atomic E-state index is 4.80. The van der Waals surface area contributed by atoms with E-state index >= 15 is 0 Å². The Hall–Kier alpha value is -1.85. The molecular weight excluding hydrogens is 310 g/mol. The molecule has 0 spiro atoms. The van der Waals surface area contributed by atoms with Crippen molar-refractivity contribution in [3.05, 3.63) is 52.2 Å². The Kier molecular flexibility index (Phi) is 3.39. The van der Waals surface area contributed by atoms with E-state index in [1.54, 1.807) is 22.7 Å². The fraction of sp³-hybridized carbons (Fsp3) is 0.235. The molecule has 0 aliphatic rings. The van der Waals surface area contributed by atoms with Gasteiger partial charge < -0.3 is 0 Å². The number of nitrogens with zero attached hydrogens (tertiary/aromatic N) is 3. The lowest BCUT2D eigenvalue weighted by Crippen LogP contribution is -1.99. The van der Waals surface area contributed by atoms with E-state index in [1.165, 1.54) is 15.6 Å². The monoisotopic (exact) mass is 325 g/mol. The van der Waals surface area contributed by atoms with E-state index in [4.69, 9.17) is 9.97 Å². The van der Waals surface area contributed by atoms with Crippen molar-refractivity contribution in [1.82, 2.24) is 15.0 Å². The number of hydrogen-bond acceptors (Lipinski definition) is 5. The van der Waals surface area contributed by atoms with E-state index in [-0.39, 0.29) is 0 Å². The van der Waals surface area contributed by atoms with Gasteiger partial charge in [-0.3, -0.25) is 4.98 Å². The number of thiophene rings is 1. The van der Waals surface area contributed by atoms with Crippen LogP contribution in [0.15, 0.2) is 36.0 Å². The summed E-state index contributed by atoms with van der Waals surface area (Å²) in [7, 11) is 0. The smallest absolute Gasteiger partial charge is 0.123 e. The third kappa shape index (κ3) is 2.40. The maximum Gasteiger partial charge on any atom is 0.123 e. The number of hydrogen-bond donors (Lipinski definition) is 0. The Morgan fingerprint density at radius 2 is 2.09 bits per heavy atom. The summed E-state index contributed by atoms with van der Waals surface area (Å²) < 4.78 is 1.20. The molecule has 0 saturated carbocycles. The van der Waals surface area contributed by atoms with Gasteiger partial charge in [-0.2, -0.15) is 0 Å². The fourth-order valence-corrected chi connectivity index (χ4v) is 4.53. The molecule has 4 heterocycles. The van der Waals surface area contributed by atoms with Gasteiger partial charge in [0.1, 0.15) is 4.83 Å². The number of pyridine rings is 2. The second kappa shape index (κ2) is 5.41. The molecular formula is C17H15N3S2. The third-order valence-electron chi connectivity index (χ3n) is 3.83. The van der Waals surface area contributed by atoms with Crippen LogP contribution in [0.3, 0.4) is 0 Å². The van der Waals surface area contributed by atoms with Gasteiger partial charge in [-0.1, -0.05) is 6.92 Å². The number of rotatable bonds is 3. The van der Waals surface area contributed by atoms with E-state index in [9.17, 15) is 0 Å². The molecule has 0 radical (unpaired) electrons. The quantitative estimate of drug-likeness (QED) is 0.534. The molecule has 0 amide bonds. The highest BCUT2D eigenvalue weighted by atomic mass is 32.1. The molecule has 0 saturated heterocycles. The molecule has 5 heteroatoms. The summed E-state index contributed by atoms with van der Waals surface area (Å²) in [5.74, 6) is 0.364. The molecule has 0 unspecified atom stereocenters. The van der Waals surface area contributed by atoms with Crippen molar-refractivity contribution in [3.63, 3.8) is 0 Å². The zero-order valence-electron chi connectivity index (χ0n) is 12.4. The number of aryl methyl sites for hydroxylation is 1. The van der Waals surface area contributed by atoms with Gasteiger partial charge in [0.05, 0.1) is 21.4 Å². The SMILES string of the molecule is Cc1csc2nc(C[C@@H](C)c3nc4cnccc4s3)ccc12. The first-order valence-electron chi connectivity index (χ1n) is 7.25. The lowest BCUT2D eigenvalue weighted by atomic mass is 10.1. The first-order valence-corrected chi connectivity index (χ1v) is 8.94. The number of fused-ring (bicyclic) bond motifs is 2. The summed E-state index contributed by atoms with van der Waals surface area (Å²) in [6.45, 7) is 4.36. The van der Waals surface area contributed by atoms with Crippen LogP contribution in [0.2, 0.25) is 0 Å². The second-order valence-electron chi connectivity index (χ2n) is 5.57. The minimum atomic E-state index is 0.364. The predicted octanol–water partition coefficient (Wildman–Crippen LogP) is 4.96. The molecule has 3 nitrogen and oxygen atoms in total. The van der Waals surface area contributed by atoms with Gasteiger partial charge in [-0.05, 0) is 42.5 Å². The van der Waals surface area contributed by atoms with E-state index in [0.717, 1.165) is 27.5 Å². The first kappa shape index (κ1) is 13.8. The topological polar surface area (TPSA) is 38.7 Å². The van der Waals surface area contributed by atoms with Crippen LogP contribution in [-0.2, 0) is 6.42 Å². The van der Waals surface area contributed by atoms with Crippen LogP contribution in [0.1, 0.15) is 29.1 Å².